The van der Waals surface area contributed by atoms with E-state index in [0.29, 0.717) is 0 Å². The van der Waals surface area contributed by atoms with E-state index in [4.69, 9.17) is 5.11 Å². The molecule has 1 unspecified atom stereocenters. The zero-order valence-electron chi connectivity index (χ0n) is 7.61. The highest BCUT2D eigenvalue weighted by molar-refractivity contribution is 5.86. The molecular weight excluding hydrogens is 183 g/mol. The Hall–Kier alpha value is -1.64. The number of rotatable bonds is 4. The van der Waals surface area contributed by atoms with Crippen LogP contribution in [0.5, 0.6) is 0 Å². The van der Waals surface area contributed by atoms with Crippen molar-refractivity contribution in [1.82, 2.24) is 0 Å². The number of benzene rings is 1. The van der Waals surface area contributed by atoms with E-state index < -0.39 is 17.7 Å². The Labute approximate surface area is 81.7 Å². The first-order chi connectivity index (χ1) is 6.61. The summed E-state index contributed by atoms with van der Waals surface area (Å²) in [5.41, 5.74) is 0.372. The second-order valence-corrected chi connectivity index (χ2v) is 2.99. The van der Waals surface area contributed by atoms with Crippen molar-refractivity contribution < 1.29 is 14.3 Å². The minimum Gasteiger partial charge on any atom is -0.478 e. The molecule has 0 saturated carbocycles. The minimum absolute atomic E-state index is 0.0615. The molecule has 0 heterocycles. The number of hydrogen-bond donors (Lipinski definition) is 1. The molecule has 0 fully saturated rings. The highest BCUT2D eigenvalue weighted by Crippen LogP contribution is 2.12. The smallest absolute Gasteiger partial charge is 0.333 e. The van der Waals surface area contributed by atoms with Gasteiger partial charge in [-0.05, 0) is 5.56 Å². The maximum atomic E-state index is 13.3. The van der Waals surface area contributed by atoms with Crippen LogP contribution >= 0.6 is 0 Å². The number of halogens is 1. The van der Waals surface area contributed by atoms with Crippen molar-refractivity contribution in [2.24, 2.45) is 0 Å². The Kier molecular flexibility index (Phi) is 3.40. The molecule has 0 aliphatic heterocycles. The van der Waals surface area contributed by atoms with Gasteiger partial charge in [-0.1, -0.05) is 36.9 Å². The Morgan fingerprint density at radius 3 is 2.50 bits per heavy atom. The number of carboxylic acids is 1. The quantitative estimate of drug-likeness (QED) is 0.746. The molecule has 2 nitrogen and oxygen atoms in total. The summed E-state index contributed by atoms with van der Waals surface area (Å²) in [6, 6.07) is 8.89. The van der Waals surface area contributed by atoms with Crippen LogP contribution in [-0.2, 0) is 11.2 Å². The average Bonchev–Trinajstić information content (AvgIpc) is 2.18. The van der Waals surface area contributed by atoms with Crippen LogP contribution in [0.1, 0.15) is 5.56 Å². The lowest BCUT2D eigenvalue weighted by atomic mass is 10.0. The van der Waals surface area contributed by atoms with Gasteiger partial charge in [-0.25, -0.2) is 9.18 Å². The summed E-state index contributed by atoms with van der Waals surface area (Å²) in [6.07, 6.45) is -1.46. The van der Waals surface area contributed by atoms with Crippen LogP contribution in [0.25, 0.3) is 0 Å². The van der Waals surface area contributed by atoms with Gasteiger partial charge in [0.05, 0.1) is 5.57 Å². The summed E-state index contributed by atoms with van der Waals surface area (Å²) >= 11 is 0. The van der Waals surface area contributed by atoms with Gasteiger partial charge in [0.15, 0.2) is 0 Å². The van der Waals surface area contributed by atoms with E-state index in [-0.39, 0.29) is 6.42 Å². The van der Waals surface area contributed by atoms with Crippen LogP contribution < -0.4 is 0 Å². The molecule has 1 aromatic rings. The molecule has 0 bridgehead atoms. The number of carboxylic acid groups (broad SMARTS) is 1. The van der Waals surface area contributed by atoms with Crippen LogP contribution in [0.15, 0.2) is 42.5 Å². The van der Waals surface area contributed by atoms with Gasteiger partial charge in [0.1, 0.15) is 6.17 Å². The van der Waals surface area contributed by atoms with Crippen molar-refractivity contribution >= 4 is 5.97 Å². The lowest BCUT2D eigenvalue weighted by molar-refractivity contribution is -0.133. The SMILES string of the molecule is C=C(C(=O)O)C(F)Cc1ccccc1. The number of carbonyl (C=O) groups is 1. The predicted octanol–water partition coefficient (Wildman–Crippen LogP) is 2.21. The maximum absolute atomic E-state index is 13.3. The first kappa shape index (κ1) is 10.4. The standard InChI is InChI=1S/C11H11FO2/c1-8(11(13)14)10(12)7-9-5-3-2-4-6-9/h2-6,10H,1,7H2,(H,13,14). The van der Waals surface area contributed by atoms with Crippen molar-refractivity contribution in [3.05, 3.63) is 48.0 Å². The number of hydrogen-bond acceptors (Lipinski definition) is 1. The average molecular weight is 194 g/mol. The lowest BCUT2D eigenvalue weighted by Crippen LogP contribution is -2.14. The summed E-state index contributed by atoms with van der Waals surface area (Å²) in [5, 5.41) is 8.49. The molecule has 0 aliphatic rings. The molecule has 1 N–H and O–H groups in total. The van der Waals surface area contributed by atoms with Crippen molar-refractivity contribution in [2.75, 3.05) is 0 Å². The Bertz CT molecular complexity index is 332. The van der Waals surface area contributed by atoms with E-state index >= 15 is 0 Å². The predicted molar refractivity (Wildman–Crippen MR) is 51.8 cm³/mol. The molecule has 0 spiro atoms. The van der Waals surface area contributed by atoms with E-state index in [2.05, 4.69) is 6.58 Å². The van der Waals surface area contributed by atoms with Crippen LogP contribution in [0, 0.1) is 0 Å². The summed E-state index contributed by atoms with van der Waals surface area (Å²) in [7, 11) is 0. The van der Waals surface area contributed by atoms with E-state index in [1.165, 1.54) is 0 Å². The molecule has 74 valence electrons. The van der Waals surface area contributed by atoms with Gasteiger partial charge in [0.2, 0.25) is 0 Å². The second-order valence-electron chi connectivity index (χ2n) is 2.99. The Morgan fingerprint density at radius 2 is 2.00 bits per heavy atom. The first-order valence-electron chi connectivity index (χ1n) is 4.21. The third-order valence-electron chi connectivity index (χ3n) is 1.91. The second kappa shape index (κ2) is 4.56. The van der Waals surface area contributed by atoms with Crippen LogP contribution in [0.3, 0.4) is 0 Å². The largest absolute Gasteiger partial charge is 0.478 e. The molecule has 1 rings (SSSR count). The van der Waals surface area contributed by atoms with Gasteiger partial charge in [-0.2, -0.15) is 0 Å². The van der Waals surface area contributed by atoms with Gasteiger partial charge < -0.3 is 5.11 Å². The molecule has 0 saturated heterocycles. The summed E-state index contributed by atoms with van der Waals surface area (Å²) in [4.78, 5) is 10.4. The fourth-order valence-electron chi connectivity index (χ4n) is 1.08. The number of aliphatic carboxylic acids is 1. The van der Waals surface area contributed by atoms with Gasteiger partial charge >= 0.3 is 5.97 Å². The summed E-state index contributed by atoms with van der Waals surface area (Å²) in [5.74, 6) is -1.28. The third-order valence-corrected chi connectivity index (χ3v) is 1.91. The highest BCUT2D eigenvalue weighted by atomic mass is 19.1. The molecule has 0 radical (unpaired) electrons. The monoisotopic (exact) mass is 194 g/mol. The molecule has 0 amide bonds. The molecule has 14 heavy (non-hydrogen) atoms. The van der Waals surface area contributed by atoms with E-state index in [0.717, 1.165) is 5.56 Å². The van der Waals surface area contributed by atoms with Gasteiger partial charge in [-0.3, -0.25) is 0 Å². The first-order valence-corrected chi connectivity index (χ1v) is 4.21. The molecule has 1 atom stereocenters. The van der Waals surface area contributed by atoms with Gasteiger partial charge in [-0.15, -0.1) is 0 Å². The van der Waals surface area contributed by atoms with E-state index in [1.807, 2.05) is 6.07 Å². The van der Waals surface area contributed by atoms with E-state index in [1.54, 1.807) is 24.3 Å². The molecular formula is C11H11FO2. The van der Waals surface area contributed by atoms with Crippen LogP contribution in [0.2, 0.25) is 0 Å². The fraction of sp³-hybridized carbons (Fsp3) is 0.182. The van der Waals surface area contributed by atoms with Gasteiger partial charge in [0, 0.05) is 6.42 Å². The zero-order valence-corrected chi connectivity index (χ0v) is 7.61. The summed E-state index contributed by atoms with van der Waals surface area (Å²) in [6.45, 7) is 3.18. The Balaban J connectivity index is 2.62. The fourth-order valence-corrected chi connectivity index (χ4v) is 1.08. The minimum atomic E-state index is -1.52. The van der Waals surface area contributed by atoms with Crippen molar-refractivity contribution in [2.45, 2.75) is 12.6 Å². The molecule has 3 heteroatoms. The maximum Gasteiger partial charge on any atom is 0.333 e. The topological polar surface area (TPSA) is 37.3 Å². The van der Waals surface area contributed by atoms with Crippen LogP contribution in [0.4, 0.5) is 4.39 Å². The molecule has 1 aromatic carbocycles. The highest BCUT2D eigenvalue weighted by Gasteiger charge is 2.17. The van der Waals surface area contributed by atoms with Gasteiger partial charge in [0.25, 0.3) is 0 Å². The zero-order chi connectivity index (χ0) is 10.6. The molecule has 0 aromatic heterocycles. The lowest BCUT2D eigenvalue weighted by Gasteiger charge is -2.07. The van der Waals surface area contributed by atoms with Crippen molar-refractivity contribution in [1.29, 1.82) is 0 Å². The third kappa shape index (κ3) is 2.69. The number of alkyl halides is 1. The van der Waals surface area contributed by atoms with Crippen LogP contribution in [-0.4, -0.2) is 17.2 Å². The summed E-state index contributed by atoms with van der Waals surface area (Å²) < 4.78 is 13.3. The molecule has 0 aliphatic carbocycles. The van der Waals surface area contributed by atoms with E-state index in [9.17, 15) is 9.18 Å². The normalized spacial score (nSPS) is 12.1. The van der Waals surface area contributed by atoms with Crippen molar-refractivity contribution in [3.63, 3.8) is 0 Å². The Morgan fingerprint density at radius 1 is 1.43 bits per heavy atom. The van der Waals surface area contributed by atoms with Crippen molar-refractivity contribution in [3.8, 4) is 0 Å².